The van der Waals surface area contributed by atoms with Crippen LogP contribution >= 0.6 is 0 Å². The zero-order valence-electron chi connectivity index (χ0n) is 20.4. The van der Waals surface area contributed by atoms with Crippen LogP contribution in [0.25, 0.3) is 6.08 Å². The van der Waals surface area contributed by atoms with Crippen LogP contribution in [0.4, 0.5) is 23.2 Å². The monoisotopic (exact) mass is 524 g/mol. The predicted octanol–water partition coefficient (Wildman–Crippen LogP) is 7.10. The normalized spacial score (nSPS) is 11.4. The zero-order valence-corrected chi connectivity index (χ0v) is 20.4. The topological polar surface area (TPSA) is 71.4 Å². The van der Waals surface area contributed by atoms with Crippen molar-refractivity contribution in [2.75, 3.05) is 11.9 Å². The minimum absolute atomic E-state index is 0.0992. The Morgan fingerprint density at radius 1 is 1.11 bits per heavy atom. The smallest absolute Gasteiger partial charge is 0.416 e. The molecule has 3 aromatic carbocycles. The Balaban J connectivity index is 1.91. The van der Waals surface area contributed by atoms with Gasteiger partial charge in [-0.1, -0.05) is 24.3 Å². The zero-order chi connectivity index (χ0) is 27.7. The number of carbonyl (C=O) groups is 1. The molecule has 38 heavy (non-hydrogen) atoms. The van der Waals surface area contributed by atoms with Crippen LogP contribution in [-0.4, -0.2) is 12.5 Å². The van der Waals surface area contributed by atoms with Crippen molar-refractivity contribution < 1.29 is 31.8 Å². The Bertz CT molecular complexity index is 1370. The van der Waals surface area contributed by atoms with Gasteiger partial charge in [-0.05, 0) is 73.0 Å². The molecule has 196 valence electrons. The van der Waals surface area contributed by atoms with Gasteiger partial charge in [-0.15, -0.1) is 6.58 Å². The van der Waals surface area contributed by atoms with Crippen molar-refractivity contribution in [2.24, 2.45) is 0 Å². The number of alkyl halides is 3. The van der Waals surface area contributed by atoms with Crippen molar-refractivity contribution in [1.29, 1.82) is 5.26 Å². The first-order valence-corrected chi connectivity index (χ1v) is 11.5. The lowest BCUT2D eigenvalue weighted by molar-refractivity contribution is -0.137. The van der Waals surface area contributed by atoms with Gasteiger partial charge < -0.3 is 14.8 Å². The maximum absolute atomic E-state index is 13.2. The van der Waals surface area contributed by atoms with Gasteiger partial charge in [0.1, 0.15) is 24.1 Å². The number of nitrogens with one attached hydrogen (secondary N) is 1. The summed E-state index contributed by atoms with van der Waals surface area (Å²) >= 11 is 0. The molecule has 0 saturated carbocycles. The molecule has 0 aliphatic rings. The SMILES string of the molecule is C=CCc1cc(/C=C(\C#N)C(=O)Nc2cccc(C(F)(F)F)c2)cc(OCC)c1OCc1ccc(F)cc1. The third-order valence-corrected chi connectivity index (χ3v) is 5.24. The van der Waals surface area contributed by atoms with E-state index < -0.39 is 17.6 Å². The molecule has 0 aliphatic carbocycles. The largest absolute Gasteiger partial charge is 0.490 e. The molecule has 5 nitrogen and oxygen atoms in total. The summed E-state index contributed by atoms with van der Waals surface area (Å²) in [5.74, 6) is -0.444. The van der Waals surface area contributed by atoms with E-state index in [2.05, 4.69) is 11.9 Å². The minimum atomic E-state index is -4.58. The molecule has 0 fully saturated rings. The molecule has 3 aromatic rings. The number of anilines is 1. The highest BCUT2D eigenvalue weighted by Crippen LogP contribution is 2.35. The number of hydrogen-bond acceptors (Lipinski definition) is 4. The average Bonchev–Trinajstić information content (AvgIpc) is 2.87. The average molecular weight is 525 g/mol. The van der Waals surface area contributed by atoms with E-state index in [1.54, 1.807) is 43.3 Å². The summed E-state index contributed by atoms with van der Waals surface area (Å²) in [7, 11) is 0. The van der Waals surface area contributed by atoms with Crippen molar-refractivity contribution in [3.05, 3.63) is 107 Å². The van der Waals surface area contributed by atoms with E-state index in [4.69, 9.17) is 9.47 Å². The van der Waals surface area contributed by atoms with Gasteiger partial charge in [-0.25, -0.2) is 4.39 Å². The van der Waals surface area contributed by atoms with E-state index in [0.29, 0.717) is 35.7 Å². The van der Waals surface area contributed by atoms with Crippen molar-refractivity contribution >= 4 is 17.7 Å². The summed E-state index contributed by atoms with van der Waals surface area (Å²) in [6, 6.07) is 15.1. The van der Waals surface area contributed by atoms with Crippen LogP contribution < -0.4 is 14.8 Å². The lowest BCUT2D eigenvalue weighted by Gasteiger charge is -2.17. The summed E-state index contributed by atoms with van der Waals surface area (Å²) in [5.41, 5.74) is 0.488. The summed E-state index contributed by atoms with van der Waals surface area (Å²) < 4.78 is 64.0. The van der Waals surface area contributed by atoms with Gasteiger partial charge >= 0.3 is 6.18 Å². The Kier molecular flexibility index (Phi) is 9.28. The lowest BCUT2D eigenvalue weighted by Crippen LogP contribution is -2.14. The second-order valence-corrected chi connectivity index (χ2v) is 8.05. The molecule has 0 heterocycles. The number of allylic oxidation sites excluding steroid dienone is 1. The number of hydrogen-bond donors (Lipinski definition) is 1. The number of benzene rings is 3. The number of amides is 1. The first-order valence-electron chi connectivity index (χ1n) is 11.5. The van der Waals surface area contributed by atoms with Gasteiger partial charge in [0.05, 0.1) is 12.2 Å². The van der Waals surface area contributed by atoms with Crippen LogP contribution in [0, 0.1) is 17.1 Å². The van der Waals surface area contributed by atoms with Crippen LogP contribution in [0.2, 0.25) is 0 Å². The molecule has 9 heteroatoms. The third kappa shape index (κ3) is 7.46. The van der Waals surface area contributed by atoms with E-state index >= 15 is 0 Å². The third-order valence-electron chi connectivity index (χ3n) is 5.24. The van der Waals surface area contributed by atoms with Crippen molar-refractivity contribution in [2.45, 2.75) is 26.1 Å². The van der Waals surface area contributed by atoms with E-state index in [0.717, 1.165) is 23.8 Å². The van der Waals surface area contributed by atoms with E-state index in [1.165, 1.54) is 24.3 Å². The summed E-state index contributed by atoms with van der Waals surface area (Å²) in [6.07, 6.45) is -1.25. The summed E-state index contributed by atoms with van der Waals surface area (Å²) in [6.45, 7) is 5.98. The Hall–Kier alpha value is -4.58. The maximum Gasteiger partial charge on any atom is 0.416 e. The van der Waals surface area contributed by atoms with Crippen LogP contribution in [0.5, 0.6) is 11.5 Å². The Labute approximate surface area is 217 Å². The van der Waals surface area contributed by atoms with Gasteiger partial charge in [-0.2, -0.15) is 18.4 Å². The molecule has 0 aromatic heterocycles. The van der Waals surface area contributed by atoms with Crippen molar-refractivity contribution in [3.63, 3.8) is 0 Å². The molecular weight excluding hydrogens is 500 g/mol. The number of nitriles is 1. The fourth-order valence-electron chi connectivity index (χ4n) is 3.52. The van der Waals surface area contributed by atoms with E-state index in [1.807, 2.05) is 0 Å². The first-order chi connectivity index (χ1) is 18.1. The van der Waals surface area contributed by atoms with Crippen molar-refractivity contribution in [1.82, 2.24) is 0 Å². The number of nitrogens with zero attached hydrogens (tertiary/aromatic N) is 1. The fourth-order valence-corrected chi connectivity index (χ4v) is 3.52. The number of rotatable bonds is 10. The van der Waals surface area contributed by atoms with Gasteiger partial charge in [0.15, 0.2) is 11.5 Å². The number of halogens is 4. The molecular formula is C29H24F4N2O3. The quantitative estimate of drug-likeness (QED) is 0.133. The molecule has 0 spiro atoms. The molecule has 0 unspecified atom stereocenters. The summed E-state index contributed by atoms with van der Waals surface area (Å²) in [4.78, 5) is 12.7. The van der Waals surface area contributed by atoms with Crippen LogP contribution in [0.15, 0.2) is 78.9 Å². The molecule has 1 N–H and O–H groups in total. The van der Waals surface area contributed by atoms with Gasteiger partial charge in [0, 0.05) is 11.3 Å². The second kappa shape index (κ2) is 12.6. The predicted molar refractivity (Wildman–Crippen MR) is 136 cm³/mol. The fraction of sp³-hybridized carbons (Fsp3) is 0.172. The minimum Gasteiger partial charge on any atom is -0.490 e. The second-order valence-electron chi connectivity index (χ2n) is 8.05. The van der Waals surface area contributed by atoms with E-state index in [-0.39, 0.29) is 23.7 Å². The Morgan fingerprint density at radius 2 is 1.84 bits per heavy atom. The van der Waals surface area contributed by atoms with Crippen LogP contribution in [-0.2, 0) is 24.0 Å². The molecule has 0 bridgehead atoms. The number of ether oxygens (including phenoxy) is 2. The highest BCUT2D eigenvalue weighted by Gasteiger charge is 2.30. The van der Waals surface area contributed by atoms with Gasteiger partial charge in [0.25, 0.3) is 5.91 Å². The molecule has 1 amide bonds. The van der Waals surface area contributed by atoms with Crippen LogP contribution in [0.3, 0.4) is 0 Å². The standard InChI is InChI=1S/C29H24F4N2O3/c1-3-6-21-13-20(15-26(37-4-2)27(21)38-18-19-9-11-24(30)12-10-19)14-22(17-34)28(36)35-25-8-5-7-23(16-25)29(31,32)33/h3,5,7-16H,1,4,6,18H2,2H3,(H,35,36)/b22-14+. The van der Waals surface area contributed by atoms with Crippen molar-refractivity contribution in [3.8, 4) is 17.6 Å². The Morgan fingerprint density at radius 3 is 2.47 bits per heavy atom. The first kappa shape index (κ1) is 28.0. The highest BCUT2D eigenvalue weighted by molar-refractivity contribution is 6.09. The number of carbonyl (C=O) groups excluding carboxylic acids is 1. The molecule has 0 radical (unpaired) electrons. The van der Waals surface area contributed by atoms with E-state index in [9.17, 15) is 27.6 Å². The highest BCUT2D eigenvalue weighted by atomic mass is 19.4. The maximum atomic E-state index is 13.2. The summed E-state index contributed by atoms with van der Waals surface area (Å²) in [5, 5.41) is 11.9. The van der Waals surface area contributed by atoms with Gasteiger partial charge in [-0.3, -0.25) is 4.79 Å². The molecule has 0 atom stereocenters. The molecule has 0 aliphatic heterocycles. The van der Waals surface area contributed by atoms with Gasteiger partial charge in [0.2, 0.25) is 0 Å². The lowest BCUT2D eigenvalue weighted by atomic mass is 10.0. The molecule has 0 saturated heterocycles. The molecule has 3 rings (SSSR count). The van der Waals surface area contributed by atoms with Crippen LogP contribution in [0.1, 0.15) is 29.2 Å².